The SMILES string of the molecule is Cc1nn(C)c(Cl)c1CC(NN)C1CCCCO1. The Balaban J connectivity index is 2.09. The van der Waals surface area contributed by atoms with E-state index in [0.717, 1.165) is 37.1 Å². The minimum Gasteiger partial charge on any atom is -0.377 e. The summed E-state index contributed by atoms with van der Waals surface area (Å²) < 4.78 is 7.47. The lowest BCUT2D eigenvalue weighted by atomic mass is 9.97. The maximum Gasteiger partial charge on any atom is 0.130 e. The van der Waals surface area contributed by atoms with Gasteiger partial charge in [-0.05, 0) is 32.6 Å². The Hall–Kier alpha value is -0.620. The van der Waals surface area contributed by atoms with Crippen molar-refractivity contribution in [3.8, 4) is 0 Å². The number of hydrogen-bond acceptors (Lipinski definition) is 4. The van der Waals surface area contributed by atoms with Gasteiger partial charge in [-0.2, -0.15) is 5.10 Å². The molecule has 0 spiro atoms. The maximum atomic E-state index is 6.25. The predicted molar refractivity (Wildman–Crippen MR) is 71.4 cm³/mol. The predicted octanol–water partition coefficient (Wildman–Crippen LogP) is 1.33. The molecule has 2 atom stereocenters. The molecule has 3 N–H and O–H groups in total. The van der Waals surface area contributed by atoms with Gasteiger partial charge in [0.1, 0.15) is 5.15 Å². The minimum atomic E-state index is 0.0886. The van der Waals surface area contributed by atoms with Crippen molar-refractivity contribution in [2.45, 2.75) is 44.8 Å². The Bertz CT molecular complexity index is 401. The highest BCUT2D eigenvalue weighted by Gasteiger charge is 2.26. The zero-order chi connectivity index (χ0) is 13.1. The first-order valence-corrected chi connectivity index (χ1v) is 6.77. The van der Waals surface area contributed by atoms with Gasteiger partial charge in [0.05, 0.1) is 17.8 Å². The van der Waals surface area contributed by atoms with Crippen LogP contribution in [0.15, 0.2) is 0 Å². The van der Waals surface area contributed by atoms with E-state index in [9.17, 15) is 0 Å². The van der Waals surface area contributed by atoms with Gasteiger partial charge < -0.3 is 4.74 Å². The van der Waals surface area contributed by atoms with E-state index in [2.05, 4.69) is 10.5 Å². The van der Waals surface area contributed by atoms with E-state index in [4.69, 9.17) is 22.2 Å². The molecule has 1 aromatic rings. The van der Waals surface area contributed by atoms with Crippen molar-refractivity contribution in [3.63, 3.8) is 0 Å². The Morgan fingerprint density at radius 1 is 1.61 bits per heavy atom. The average Bonchev–Trinajstić information content (AvgIpc) is 2.62. The highest BCUT2D eigenvalue weighted by Crippen LogP contribution is 2.24. The third-order valence-electron chi connectivity index (χ3n) is 3.57. The van der Waals surface area contributed by atoms with E-state index in [1.807, 2.05) is 14.0 Å². The Morgan fingerprint density at radius 3 is 2.89 bits per heavy atom. The molecule has 1 aliphatic heterocycles. The fourth-order valence-electron chi connectivity index (χ4n) is 2.51. The second kappa shape index (κ2) is 6.02. The number of aromatic nitrogens is 2. The van der Waals surface area contributed by atoms with Crippen molar-refractivity contribution in [2.24, 2.45) is 12.9 Å². The van der Waals surface area contributed by atoms with Crippen LogP contribution in [-0.4, -0.2) is 28.5 Å². The van der Waals surface area contributed by atoms with Crippen molar-refractivity contribution in [1.82, 2.24) is 15.2 Å². The van der Waals surface area contributed by atoms with E-state index < -0.39 is 0 Å². The molecule has 0 aliphatic carbocycles. The Labute approximate surface area is 113 Å². The van der Waals surface area contributed by atoms with Crippen LogP contribution in [-0.2, 0) is 18.2 Å². The van der Waals surface area contributed by atoms with E-state index in [1.165, 1.54) is 6.42 Å². The van der Waals surface area contributed by atoms with Gasteiger partial charge in [0, 0.05) is 19.2 Å². The first-order chi connectivity index (χ1) is 8.63. The fraction of sp³-hybridized carbons (Fsp3) is 0.750. The average molecular weight is 273 g/mol. The number of nitrogens with one attached hydrogen (secondary N) is 1. The molecule has 18 heavy (non-hydrogen) atoms. The second-order valence-corrected chi connectivity index (χ2v) is 5.22. The summed E-state index contributed by atoms with van der Waals surface area (Å²) in [5.74, 6) is 5.66. The van der Waals surface area contributed by atoms with Crippen LogP contribution in [0.4, 0.5) is 0 Å². The summed E-state index contributed by atoms with van der Waals surface area (Å²) in [7, 11) is 1.85. The second-order valence-electron chi connectivity index (χ2n) is 4.86. The zero-order valence-electron chi connectivity index (χ0n) is 10.9. The quantitative estimate of drug-likeness (QED) is 0.641. The molecule has 2 rings (SSSR count). The van der Waals surface area contributed by atoms with Crippen molar-refractivity contribution in [3.05, 3.63) is 16.4 Å². The number of aryl methyl sites for hydroxylation is 2. The number of halogens is 1. The van der Waals surface area contributed by atoms with E-state index >= 15 is 0 Å². The van der Waals surface area contributed by atoms with Crippen LogP contribution in [0.1, 0.15) is 30.5 Å². The summed E-state index contributed by atoms with van der Waals surface area (Å²) in [4.78, 5) is 0. The van der Waals surface area contributed by atoms with Gasteiger partial charge in [-0.15, -0.1) is 0 Å². The largest absolute Gasteiger partial charge is 0.377 e. The number of hydrogen-bond donors (Lipinski definition) is 2. The summed E-state index contributed by atoms with van der Waals surface area (Å²) in [5.41, 5.74) is 4.87. The highest BCUT2D eigenvalue weighted by atomic mass is 35.5. The van der Waals surface area contributed by atoms with Crippen LogP contribution in [0.3, 0.4) is 0 Å². The van der Waals surface area contributed by atoms with Crippen molar-refractivity contribution in [2.75, 3.05) is 6.61 Å². The smallest absolute Gasteiger partial charge is 0.130 e. The molecular formula is C12H21ClN4O. The van der Waals surface area contributed by atoms with Gasteiger partial charge in [0.25, 0.3) is 0 Å². The van der Waals surface area contributed by atoms with Gasteiger partial charge in [-0.25, -0.2) is 0 Å². The summed E-state index contributed by atoms with van der Waals surface area (Å²) in [6, 6.07) is 0.0886. The number of nitrogens with two attached hydrogens (primary N) is 1. The number of nitrogens with zero attached hydrogens (tertiary/aromatic N) is 2. The maximum absolute atomic E-state index is 6.25. The fourth-order valence-corrected chi connectivity index (χ4v) is 2.76. The number of rotatable bonds is 4. The standard InChI is InChI=1S/C12H21ClN4O/c1-8-9(12(13)17(2)16-8)7-10(15-14)11-5-3-4-6-18-11/h10-11,15H,3-7,14H2,1-2H3. The zero-order valence-corrected chi connectivity index (χ0v) is 11.7. The van der Waals surface area contributed by atoms with Gasteiger partial charge >= 0.3 is 0 Å². The van der Waals surface area contributed by atoms with Gasteiger partial charge in [-0.3, -0.25) is 16.0 Å². The molecule has 6 heteroatoms. The van der Waals surface area contributed by atoms with Crippen LogP contribution < -0.4 is 11.3 Å². The molecule has 1 fully saturated rings. The molecule has 1 saturated heterocycles. The summed E-state index contributed by atoms with van der Waals surface area (Å²) in [6.45, 7) is 2.79. The van der Waals surface area contributed by atoms with Crippen LogP contribution in [0.25, 0.3) is 0 Å². The van der Waals surface area contributed by atoms with Gasteiger partial charge in [0.15, 0.2) is 0 Å². The molecule has 5 nitrogen and oxygen atoms in total. The van der Waals surface area contributed by atoms with Crippen LogP contribution in [0.2, 0.25) is 5.15 Å². The van der Waals surface area contributed by atoms with E-state index in [1.54, 1.807) is 4.68 Å². The summed E-state index contributed by atoms with van der Waals surface area (Å²) >= 11 is 6.25. The van der Waals surface area contributed by atoms with Crippen LogP contribution >= 0.6 is 11.6 Å². The Morgan fingerprint density at radius 2 is 2.39 bits per heavy atom. The van der Waals surface area contributed by atoms with Gasteiger partial charge in [-0.1, -0.05) is 11.6 Å². The third-order valence-corrected chi connectivity index (χ3v) is 4.04. The normalized spacial score (nSPS) is 22.1. The van der Waals surface area contributed by atoms with E-state index in [0.29, 0.717) is 5.15 Å². The molecule has 102 valence electrons. The number of ether oxygens (including phenoxy) is 1. The molecule has 0 aromatic carbocycles. The van der Waals surface area contributed by atoms with Crippen molar-refractivity contribution >= 4 is 11.6 Å². The summed E-state index contributed by atoms with van der Waals surface area (Å²) in [6.07, 6.45) is 4.30. The lowest BCUT2D eigenvalue weighted by Gasteiger charge is -2.30. The van der Waals surface area contributed by atoms with Crippen molar-refractivity contribution in [1.29, 1.82) is 0 Å². The first kappa shape index (κ1) is 13.8. The molecule has 0 bridgehead atoms. The van der Waals surface area contributed by atoms with Crippen LogP contribution in [0, 0.1) is 6.92 Å². The molecule has 2 heterocycles. The molecular weight excluding hydrogens is 252 g/mol. The lowest BCUT2D eigenvalue weighted by molar-refractivity contribution is -0.00746. The molecule has 1 aromatic heterocycles. The number of hydrazine groups is 1. The van der Waals surface area contributed by atoms with Gasteiger partial charge in [0.2, 0.25) is 0 Å². The minimum absolute atomic E-state index is 0.0886. The monoisotopic (exact) mass is 272 g/mol. The molecule has 1 aliphatic rings. The highest BCUT2D eigenvalue weighted by molar-refractivity contribution is 6.30. The van der Waals surface area contributed by atoms with Crippen molar-refractivity contribution < 1.29 is 4.74 Å². The third kappa shape index (κ3) is 2.85. The Kier molecular flexibility index (Phi) is 4.61. The van der Waals surface area contributed by atoms with E-state index in [-0.39, 0.29) is 12.1 Å². The molecule has 2 unspecified atom stereocenters. The molecule has 0 saturated carbocycles. The van der Waals surface area contributed by atoms with Crippen LogP contribution in [0.5, 0.6) is 0 Å². The topological polar surface area (TPSA) is 65.1 Å². The molecule has 0 radical (unpaired) electrons. The summed E-state index contributed by atoms with van der Waals surface area (Å²) in [5, 5.41) is 5.00. The first-order valence-electron chi connectivity index (χ1n) is 6.39. The lowest BCUT2D eigenvalue weighted by Crippen LogP contribution is -2.47. The molecule has 0 amide bonds.